The van der Waals surface area contributed by atoms with E-state index in [4.69, 9.17) is 4.74 Å². The van der Waals surface area contributed by atoms with E-state index in [-0.39, 0.29) is 18.3 Å². The number of nitrogens with zero attached hydrogens (tertiary/aromatic N) is 3. The van der Waals surface area contributed by atoms with Gasteiger partial charge in [0.15, 0.2) is 5.69 Å². The first-order valence-corrected chi connectivity index (χ1v) is 10.4. The summed E-state index contributed by atoms with van der Waals surface area (Å²) in [6, 6.07) is 18.3. The second-order valence-corrected chi connectivity index (χ2v) is 7.68. The van der Waals surface area contributed by atoms with Gasteiger partial charge in [-0.1, -0.05) is 54.6 Å². The highest BCUT2D eigenvalue weighted by Gasteiger charge is 2.33. The van der Waals surface area contributed by atoms with Crippen LogP contribution in [-0.2, 0) is 17.4 Å². The standard InChI is InChI=1S/C24H22F3N3O2/c25-24(26,27)21-12-13-28-23(29-21)32-20-7-4-14-30(16-20)22(31)15-17-8-10-19(11-9-17)18-5-2-1-3-6-18/h1-3,5-6,8-13,20H,4,7,14-16H2. The van der Waals surface area contributed by atoms with Crippen LogP contribution in [0.15, 0.2) is 66.9 Å². The van der Waals surface area contributed by atoms with Crippen molar-refractivity contribution in [2.24, 2.45) is 0 Å². The molecular formula is C24H22F3N3O2. The van der Waals surface area contributed by atoms with Gasteiger partial charge >= 0.3 is 12.2 Å². The highest BCUT2D eigenvalue weighted by molar-refractivity contribution is 5.79. The Balaban J connectivity index is 1.35. The first-order chi connectivity index (χ1) is 15.4. The van der Waals surface area contributed by atoms with E-state index >= 15 is 0 Å². The van der Waals surface area contributed by atoms with Gasteiger partial charge in [0.2, 0.25) is 5.91 Å². The summed E-state index contributed by atoms with van der Waals surface area (Å²) in [5.74, 6) is -0.0456. The molecule has 1 saturated heterocycles. The van der Waals surface area contributed by atoms with Crippen LogP contribution < -0.4 is 4.74 Å². The molecule has 1 aliphatic heterocycles. The van der Waals surface area contributed by atoms with E-state index in [0.29, 0.717) is 25.9 Å². The summed E-state index contributed by atoms with van der Waals surface area (Å²) < 4.78 is 44.1. The summed E-state index contributed by atoms with van der Waals surface area (Å²) in [5, 5.41) is 0. The molecule has 1 aromatic heterocycles. The number of hydrogen-bond donors (Lipinski definition) is 0. The van der Waals surface area contributed by atoms with Crippen LogP contribution in [-0.4, -0.2) is 40.0 Å². The fraction of sp³-hybridized carbons (Fsp3) is 0.292. The lowest BCUT2D eigenvalue weighted by molar-refractivity contribution is -0.141. The highest BCUT2D eigenvalue weighted by Crippen LogP contribution is 2.28. The van der Waals surface area contributed by atoms with Gasteiger partial charge < -0.3 is 9.64 Å². The summed E-state index contributed by atoms with van der Waals surface area (Å²) in [6.45, 7) is 0.880. The maximum Gasteiger partial charge on any atom is 0.433 e. The molecule has 8 heteroatoms. The van der Waals surface area contributed by atoms with E-state index in [2.05, 4.69) is 9.97 Å². The molecule has 0 N–H and O–H groups in total. The van der Waals surface area contributed by atoms with Crippen molar-refractivity contribution >= 4 is 5.91 Å². The van der Waals surface area contributed by atoms with Crippen LogP contribution in [0.4, 0.5) is 13.2 Å². The third kappa shape index (κ3) is 5.43. The second-order valence-electron chi connectivity index (χ2n) is 7.68. The van der Waals surface area contributed by atoms with Gasteiger partial charge in [0, 0.05) is 12.7 Å². The number of likely N-dealkylation sites (tertiary alicyclic amines) is 1. The van der Waals surface area contributed by atoms with Gasteiger partial charge in [0.1, 0.15) is 6.10 Å². The zero-order valence-electron chi connectivity index (χ0n) is 17.3. The molecule has 4 rings (SSSR count). The highest BCUT2D eigenvalue weighted by atomic mass is 19.4. The number of aromatic nitrogens is 2. The molecule has 0 saturated carbocycles. The number of benzene rings is 2. The molecule has 1 atom stereocenters. The number of amides is 1. The summed E-state index contributed by atoms with van der Waals surface area (Å²) in [4.78, 5) is 21.7. The molecule has 0 spiro atoms. The predicted molar refractivity (Wildman–Crippen MR) is 113 cm³/mol. The van der Waals surface area contributed by atoms with Gasteiger partial charge in [-0.3, -0.25) is 4.79 Å². The lowest BCUT2D eigenvalue weighted by Gasteiger charge is -2.32. The lowest BCUT2D eigenvalue weighted by atomic mass is 10.0. The number of alkyl halides is 3. The minimum absolute atomic E-state index is 0.0456. The Morgan fingerprint density at radius 2 is 1.75 bits per heavy atom. The van der Waals surface area contributed by atoms with Crippen molar-refractivity contribution in [3.8, 4) is 17.1 Å². The van der Waals surface area contributed by atoms with Crippen LogP contribution in [0.2, 0.25) is 0 Å². The van der Waals surface area contributed by atoms with Crippen molar-refractivity contribution in [2.75, 3.05) is 13.1 Å². The zero-order valence-corrected chi connectivity index (χ0v) is 17.3. The topological polar surface area (TPSA) is 55.3 Å². The number of carbonyl (C=O) groups excluding carboxylic acids is 1. The molecule has 1 unspecified atom stereocenters. The molecule has 0 aliphatic carbocycles. The average Bonchev–Trinajstić information content (AvgIpc) is 2.80. The fourth-order valence-electron chi connectivity index (χ4n) is 3.70. The minimum atomic E-state index is -4.56. The zero-order chi connectivity index (χ0) is 22.6. The maximum atomic E-state index is 12.8. The van der Waals surface area contributed by atoms with Crippen molar-refractivity contribution in [3.05, 3.63) is 78.1 Å². The third-order valence-corrected chi connectivity index (χ3v) is 5.34. The molecule has 1 amide bonds. The number of piperidine rings is 1. The van der Waals surface area contributed by atoms with Gasteiger partial charge in [-0.15, -0.1) is 0 Å². The van der Waals surface area contributed by atoms with E-state index in [0.717, 1.165) is 29.0 Å². The number of hydrogen-bond acceptors (Lipinski definition) is 4. The average molecular weight is 441 g/mol. The Morgan fingerprint density at radius 1 is 1.03 bits per heavy atom. The van der Waals surface area contributed by atoms with Gasteiger partial charge in [-0.05, 0) is 35.6 Å². The van der Waals surface area contributed by atoms with E-state index in [9.17, 15) is 18.0 Å². The van der Waals surface area contributed by atoms with Crippen LogP contribution in [0.25, 0.3) is 11.1 Å². The molecule has 2 heterocycles. The quantitative estimate of drug-likeness (QED) is 0.572. The Labute approximate surface area is 183 Å². The Morgan fingerprint density at radius 3 is 2.47 bits per heavy atom. The van der Waals surface area contributed by atoms with Crippen LogP contribution in [0, 0.1) is 0 Å². The van der Waals surface area contributed by atoms with Gasteiger partial charge in [0.05, 0.1) is 13.0 Å². The fourth-order valence-corrected chi connectivity index (χ4v) is 3.70. The molecule has 5 nitrogen and oxygen atoms in total. The molecule has 1 aliphatic rings. The maximum absolute atomic E-state index is 12.8. The lowest BCUT2D eigenvalue weighted by Crippen LogP contribution is -2.45. The summed E-state index contributed by atoms with van der Waals surface area (Å²) >= 11 is 0. The summed E-state index contributed by atoms with van der Waals surface area (Å²) in [5.41, 5.74) is 2.04. The molecule has 0 bridgehead atoms. The van der Waals surface area contributed by atoms with Gasteiger partial charge in [-0.2, -0.15) is 18.2 Å². The molecule has 32 heavy (non-hydrogen) atoms. The molecule has 2 aromatic carbocycles. The van der Waals surface area contributed by atoms with Crippen molar-refractivity contribution in [3.63, 3.8) is 0 Å². The number of halogens is 3. The molecule has 0 radical (unpaired) electrons. The van der Waals surface area contributed by atoms with Crippen LogP contribution >= 0.6 is 0 Å². The van der Waals surface area contributed by atoms with Crippen molar-refractivity contribution < 1.29 is 22.7 Å². The van der Waals surface area contributed by atoms with E-state index < -0.39 is 18.0 Å². The van der Waals surface area contributed by atoms with E-state index in [1.54, 1.807) is 4.90 Å². The smallest absolute Gasteiger partial charge is 0.433 e. The summed E-state index contributed by atoms with van der Waals surface area (Å²) in [6.07, 6.45) is -2.42. The Hall–Kier alpha value is -3.42. The van der Waals surface area contributed by atoms with Crippen LogP contribution in [0.5, 0.6) is 6.01 Å². The number of ether oxygens (including phenoxy) is 1. The van der Waals surface area contributed by atoms with Gasteiger partial charge in [0.25, 0.3) is 0 Å². The monoisotopic (exact) mass is 441 g/mol. The first kappa shape index (κ1) is 21.8. The van der Waals surface area contributed by atoms with Crippen molar-refractivity contribution in [1.29, 1.82) is 0 Å². The predicted octanol–water partition coefficient (Wildman–Crippen LogP) is 4.77. The molecule has 166 valence electrons. The van der Waals surface area contributed by atoms with E-state index in [1.165, 1.54) is 0 Å². The Bertz CT molecular complexity index is 1060. The van der Waals surface area contributed by atoms with Crippen LogP contribution in [0.3, 0.4) is 0 Å². The van der Waals surface area contributed by atoms with Gasteiger partial charge in [-0.25, -0.2) is 4.98 Å². The number of rotatable bonds is 5. The van der Waals surface area contributed by atoms with E-state index in [1.807, 2.05) is 54.6 Å². The molecule has 3 aromatic rings. The normalized spacial score (nSPS) is 16.6. The minimum Gasteiger partial charge on any atom is -0.458 e. The summed E-state index contributed by atoms with van der Waals surface area (Å²) in [7, 11) is 0. The molecule has 1 fully saturated rings. The number of carbonyl (C=O) groups is 1. The second kappa shape index (κ2) is 9.38. The third-order valence-electron chi connectivity index (χ3n) is 5.34. The SMILES string of the molecule is O=C(Cc1ccc(-c2ccccc2)cc1)N1CCCC(Oc2nccc(C(F)(F)F)n2)C1. The van der Waals surface area contributed by atoms with Crippen molar-refractivity contribution in [1.82, 2.24) is 14.9 Å². The molecular weight excluding hydrogens is 419 g/mol. The first-order valence-electron chi connectivity index (χ1n) is 10.4. The Kier molecular flexibility index (Phi) is 6.39. The largest absolute Gasteiger partial charge is 0.458 e. The van der Waals surface area contributed by atoms with Crippen LogP contribution in [0.1, 0.15) is 24.1 Å². The van der Waals surface area contributed by atoms with Crippen molar-refractivity contribution in [2.45, 2.75) is 31.5 Å².